The summed E-state index contributed by atoms with van der Waals surface area (Å²) < 4.78 is 8.12. The van der Waals surface area contributed by atoms with Crippen molar-refractivity contribution < 1.29 is 9.84 Å². The standard InChI is InChI=1S/C17H14BrClN2O3/c1-10-8-11(18)9-12-15(20-23)17(22)21(16(10)12)6-7-24-14-5-3-2-4-13(14)19/h2-5,8-9,22H,6-7H2,1H3. The molecule has 5 nitrogen and oxygen atoms in total. The fraction of sp³-hybridized carbons (Fsp3) is 0.176. The lowest BCUT2D eigenvalue weighted by Gasteiger charge is -2.11. The van der Waals surface area contributed by atoms with Gasteiger partial charge in [-0.05, 0) is 41.9 Å². The van der Waals surface area contributed by atoms with Crippen LogP contribution in [0.25, 0.3) is 10.9 Å². The summed E-state index contributed by atoms with van der Waals surface area (Å²) in [7, 11) is 0. The molecule has 2 aromatic carbocycles. The van der Waals surface area contributed by atoms with E-state index in [-0.39, 0.29) is 18.2 Å². The number of aryl methyl sites for hydroxylation is 1. The Kier molecular flexibility index (Phi) is 4.78. The molecule has 0 saturated heterocycles. The Morgan fingerprint density at radius 2 is 2.08 bits per heavy atom. The van der Waals surface area contributed by atoms with Gasteiger partial charge in [0.05, 0.1) is 17.1 Å². The van der Waals surface area contributed by atoms with Crippen molar-refractivity contribution in [2.45, 2.75) is 13.5 Å². The molecule has 0 atom stereocenters. The van der Waals surface area contributed by atoms with E-state index in [1.807, 2.05) is 25.1 Å². The number of nitrogens with zero attached hydrogens (tertiary/aromatic N) is 2. The van der Waals surface area contributed by atoms with Crippen molar-refractivity contribution in [2.24, 2.45) is 5.18 Å². The highest BCUT2D eigenvalue weighted by Crippen LogP contribution is 2.41. The van der Waals surface area contributed by atoms with Crippen LogP contribution < -0.4 is 4.74 Å². The average Bonchev–Trinajstić information content (AvgIpc) is 2.81. The van der Waals surface area contributed by atoms with E-state index in [4.69, 9.17) is 16.3 Å². The number of hydrogen-bond acceptors (Lipinski definition) is 4. The Bertz CT molecular complexity index is 924. The van der Waals surface area contributed by atoms with Crippen molar-refractivity contribution in [3.8, 4) is 11.6 Å². The summed E-state index contributed by atoms with van der Waals surface area (Å²) in [5.41, 5.74) is 1.71. The molecule has 1 aromatic heterocycles. The molecule has 3 rings (SSSR count). The second kappa shape index (κ2) is 6.83. The Balaban J connectivity index is 1.93. The fourth-order valence-electron chi connectivity index (χ4n) is 2.74. The van der Waals surface area contributed by atoms with E-state index < -0.39 is 0 Å². The van der Waals surface area contributed by atoms with Gasteiger partial charge in [0.2, 0.25) is 5.88 Å². The van der Waals surface area contributed by atoms with Gasteiger partial charge in [0.15, 0.2) is 5.69 Å². The Morgan fingerprint density at radius 3 is 2.79 bits per heavy atom. The van der Waals surface area contributed by atoms with Crippen molar-refractivity contribution >= 4 is 44.1 Å². The Labute approximate surface area is 151 Å². The molecule has 0 aliphatic heterocycles. The lowest BCUT2D eigenvalue weighted by atomic mass is 10.1. The number of aromatic nitrogens is 1. The van der Waals surface area contributed by atoms with Crippen LogP contribution in [-0.2, 0) is 6.54 Å². The van der Waals surface area contributed by atoms with E-state index in [9.17, 15) is 10.0 Å². The molecular formula is C17H14BrClN2O3. The van der Waals surface area contributed by atoms with Gasteiger partial charge >= 0.3 is 0 Å². The summed E-state index contributed by atoms with van der Waals surface area (Å²) in [4.78, 5) is 11.1. The normalized spacial score (nSPS) is 11.0. The maximum Gasteiger partial charge on any atom is 0.222 e. The first kappa shape index (κ1) is 16.8. The van der Waals surface area contributed by atoms with Crippen LogP contribution in [-0.4, -0.2) is 16.3 Å². The van der Waals surface area contributed by atoms with Crippen molar-refractivity contribution in [1.29, 1.82) is 0 Å². The van der Waals surface area contributed by atoms with E-state index in [0.29, 0.717) is 22.7 Å². The molecule has 0 amide bonds. The first-order chi connectivity index (χ1) is 11.5. The number of halogens is 2. The topological polar surface area (TPSA) is 63.8 Å². The van der Waals surface area contributed by atoms with Gasteiger partial charge in [-0.15, -0.1) is 4.91 Å². The monoisotopic (exact) mass is 408 g/mol. The molecule has 1 heterocycles. The maximum atomic E-state index is 11.1. The molecule has 0 bridgehead atoms. The number of ether oxygens (including phenoxy) is 1. The zero-order valence-electron chi connectivity index (χ0n) is 12.8. The first-order valence-corrected chi connectivity index (χ1v) is 8.42. The highest BCUT2D eigenvalue weighted by Gasteiger charge is 2.19. The first-order valence-electron chi connectivity index (χ1n) is 7.25. The minimum Gasteiger partial charge on any atom is -0.493 e. The molecule has 0 spiro atoms. The van der Waals surface area contributed by atoms with Gasteiger partial charge in [-0.25, -0.2) is 0 Å². The molecule has 0 aliphatic carbocycles. The van der Waals surface area contributed by atoms with Gasteiger partial charge in [0, 0.05) is 9.86 Å². The van der Waals surface area contributed by atoms with Crippen LogP contribution in [0.1, 0.15) is 5.56 Å². The molecule has 0 saturated carbocycles. The van der Waals surface area contributed by atoms with E-state index >= 15 is 0 Å². The largest absolute Gasteiger partial charge is 0.493 e. The highest BCUT2D eigenvalue weighted by atomic mass is 79.9. The molecule has 0 radical (unpaired) electrons. The molecule has 1 N–H and O–H groups in total. The van der Waals surface area contributed by atoms with Crippen LogP contribution in [0.4, 0.5) is 5.69 Å². The van der Waals surface area contributed by atoms with E-state index in [0.717, 1.165) is 15.6 Å². The molecule has 0 aliphatic rings. The van der Waals surface area contributed by atoms with Crippen LogP contribution >= 0.6 is 27.5 Å². The predicted molar refractivity (Wildman–Crippen MR) is 98.4 cm³/mol. The number of hydrogen-bond donors (Lipinski definition) is 1. The van der Waals surface area contributed by atoms with Crippen molar-refractivity contribution in [3.05, 3.63) is 56.4 Å². The third kappa shape index (κ3) is 2.99. The third-order valence-corrected chi connectivity index (χ3v) is 4.53. The van der Waals surface area contributed by atoms with Crippen molar-refractivity contribution in [2.75, 3.05) is 6.61 Å². The SMILES string of the molecule is Cc1cc(Br)cc2c(N=O)c(O)n(CCOc3ccccc3Cl)c12. The molecule has 7 heteroatoms. The molecule has 0 fully saturated rings. The average molecular weight is 410 g/mol. The predicted octanol–water partition coefficient (Wildman–Crippen LogP) is 5.55. The van der Waals surface area contributed by atoms with Crippen LogP contribution in [0.2, 0.25) is 5.02 Å². The molecule has 24 heavy (non-hydrogen) atoms. The minimum absolute atomic E-state index is 0.0344. The van der Waals surface area contributed by atoms with Crippen LogP contribution in [0.15, 0.2) is 46.0 Å². The van der Waals surface area contributed by atoms with E-state index in [1.54, 1.807) is 22.8 Å². The minimum atomic E-state index is -0.163. The van der Waals surface area contributed by atoms with Crippen LogP contribution in [0.3, 0.4) is 0 Å². The van der Waals surface area contributed by atoms with Gasteiger partial charge in [0.25, 0.3) is 0 Å². The summed E-state index contributed by atoms with van der Waals surface area (Å²) in [6.07, 6.45) is 0. The summed E-state index contributed by atoms with van der Waals surface area (Å²) in [6.45, 7) is 2.55. The van der Waals surface area contributed by atoms with Gasteiger partial charge in [-0.2, -0.15) is 0 Å². The summed E-state index contributed by atoms with van der Waals surface area (Å²) >= 11 is 9.46. The lowest BCUT2D eigenvalue weighted by molar-refractivity contribution is 0.291. The zero-order chi connectivity index (χ0) is 17.3. The van der Waals surface area contributed by atoms with Crippen molar-refractivity contribution in [1.82, 2.24) is 4.57 Å². The third-order valence-electron chi connectivity index (χ3n) is 3.76. The number of benzene rings is 2. The van der Waals surface area contributed by atoms with Crippen LogP contribution in [0, 0.1) is 11.8 Å². The zero-order valence-corrected chi connectivity index (χ0v) is 15.1. The van der Waals surface area contributed by atoms with Gasteiger partial charge in [0.1, 0.15) is 12.4 Å². The number of rotatable bonds is 5. The number of aromatic hydroxyl groups is 1. The summed E-state index contributed by atoms with van der Waals surface area (Å²) in [5.74, 6) is 0.410. The van der Waals surface area contributed by atoms with E-state index in [1.165, 1.54) is 0 Å². The molecule has 3 aromatic rings. The number of para-hydroxylation sites is 1. The summed E-state index contributed by atoms with van der Waals surface area (Å²) in [6, 6.07) is 10.9. The Morgan fingerprint density at radius 1 is 1.33 bits per heavy atom. The Hall–Kier alpha value is -2.05. The molecular weight excluding hydrogens is 396 g/mol. The van der Waals surface area contributed by atoms with Gasteiger partial charge in [-0.3, -0.25) is 0 Å². The number of nitroso groups, excluding NO2 is 1. The fourth-order valence-corrected chi connectivity index (χ4v) is 3.51. The quantitative estimate of drug-likeness (QED) is 0.562. The second-order valence-corrected chi connectivity index (χ2v) is 6.64. The summed E-state index contributed by atoms with van der Waals surface area (Å²) in [5, 5.41) is 14.5. The van der Waals surface area contributed by atoms with Crippen molar-refractivity contribution in [3.63, 3.8) is 0 Å². The van der Waals surface area contributed by atoms with E-state index in [2.05, 4.69) is 21.1 Å². The van der Waals surface area contributed by atoms with Gasteiger partial charge < -0.3 is 14.4 Å². The number of fused-ring (bicyclic) bond motifs is 1. The lowest BCUT2D eigenvalue weighted by Crippen LogP contribution is -2.08. The molecule has 124 valence electrons. The van der Waals surface area contributed by atoms with Gasteiger partial charge in [-0.1, -0.05) is 39.7 Å². The highest BCUT2D eigenvalue weighted by molar-refractivity contribution is 9.10. The maximum absolute atomic E-state index is 11.1. The van der Waals surface area contributed by atoms with Crippen LogP contribution in [0.5, 0.6) is 11.6 Å². The molecule has 0 unspecified atom stereocenters. The second-order valence-electron chi connectivity index (χ2n) is 5.31. The smallest absolute Gasteiger partial charge is 0.222 e.